The van der Waals surface area contributed by atoms with Crippen LogP contribution in [-0.4, -0.2) is 21.5 Å². The van der Waals surface area contributed by atoms with Crippen molar-refractivity contribution >= 4 is 39.1 Å². The van der Waals surface area contributed by atoms with Crippen molar-refractivity contribution < 1.29 is 4.79 Å². The normalized spacial score (nSPS) is 13.8. The summed E-state index contributed by atoms with van der Waals surface area (Å²) in [5.41, 5.74) is 5.84. The lowest BCUT2D eigenvalue weighted by atomic mass is 9.97. The van der Waals surface area contributed by atoms with Crippen LogP contribution in [0.5, 0.6) is 0 Å². The van der Waals surface area contributed by atoms with Gasteiger partial charge in [0.15, 0.2) is 5.78 Å². The molecule has 0 bridgehead atoms. The molecular weight excluding hydrogens is 360 g/mol. The predicted octanol–water partition coefficient (Wildman–Crippen LogP) is 5.47. The second kappa shape index (κ2) is 7.12. The second-order valence-electron chi connectivity index (χ2n) is 7.02. The molecule has 0 amide bonds. The minimum atomic E-state index is 0.164. The molecule has 134 valence electrons. The number of carbonyl (C=O) groups excluding carboxylic acids is 1. The summed E-state index contributed by atoms with van der Waals surface area (Å²) in [5, 5.41) is 2.16. The van der Waals surface area contributed by atoms with Crippen LogP contribution in [0.25, 0.3) is 10.2 Å². The van der Waals surface area contributed by atoms with Crippen molar-refractivity contribution in [2.45, 2.75) is 51.5 Å². The molecule has 4 rings (SSSR count). The van der Waals surface area contributed by atoms with E-state index in [1.165, 1.54) is 45.4 Å². The van der Waals surface area contributed by atoms with Crippen molar-refractivity contribution in [2.24, 2.45) is 0 Å². The Morgan fingerprint density at radius 3 is 2.62 bits per heavy atom. The van der Waals surface area contributed by atoms with Crippen molar-refractivity contribution in [3.63, 3.8) is 0 Å². The number of carbonyl (C=O) groups is 1. The lowest BCUT2D eigenvalue weighted by molar-refractivity contribution is 0.102. The van der Waals surface area contributed by atoms with E-state index in [1.807, 2.05) is 12.1 Å². The Kier molecular flexibility index (Phi) is 4.84. The van der Waals surface area contributed by atoms with E-state index in [0.717, 1.165) is 28.3 Å². The summed E-state index contributed by atoms with van der Waals surface area (Å²) in [6, 6.07) is 4.01. The zero-order chi connectivity index (χ0) is 18.3. The van der Waals surface area contributed by atoms with Crippen LogP contribution in [-0.2, 0) is 12.8 Å². The van der Waals surface area contributed by atoms with Crippen LogP contribution in [0.2, 0.25) is 0 Å². The average Bonchev–Trinajstić information content (AvgIpc) is 3.03. The molecule has 1 aliphatic carbocycles. The first-order valence-corrected chi connectivity index (χ1v) is 10.8. The molecule has 0 saturated carbocycles. The van der Waals surface area contributed by atoms with Crippen molar-refractivity contribution in [3.8, 4) is 0 Å². The van der Waals surface area contributed by atoms with Gasteiger partial charge in [-0.15, -0.1) is 11.3 Å². The van der Waals surface area contributed by atoms with Gasteiger partial charge >= 0.3 is 0 Å². The molecule has 0 aliphatic heterocycles. The smallest absolute Gasteiger partial charge is 0.173 e. The van der Waals surface area contributed by atoms with Crippen LogP contribution in [0, 0.1) is 20.8 Å². The Balaban J connectivity index is 1.60. The predicted molar refractivity (Wildman–Crippen MR) is 110 cm³/mol. The molecule has 1 aliphatic rings. The highest BCUT2D eigenvalue weighted by Crippen LogP contribution is 2.39. The molecule has 26 heavy (non-hydrogen) atoms. The largest absolute Gasteiger partial charge is 0.293 e. The molecule has 1 aromatic carbocycles. The van der Waals surface area contributed by atoms with E-state index in [0.29, 0.717) is 5.75 Å². The van der Waals surface area contributed by atoms with Gasteiger partial charge in [-0.25, -0.2) is 9.97 Å². The summed E-state index contributed by atoms with van der Waals surface area (Å²) in [6.45, 7) is 6.24. The van der Waals surface area contributed by atoms with Crippen LogP contribution in [0.1, 0.15) is 50.3 Å². The Labute approximate surface area is 162 Å². The number of aryl methyl sites for hydroxylation is 4. The third kappa shape index (κ3) is 3.19. The molecule has 0 spiro atoms. The van der Waals surface area contributed by atoms with Crippen LogP contribution in [0.3, 0.4) is 0 Å². The van der Waals surface area contributed by atoms with E-state index in [-0.39, 0.29) is 5.78 Å². The van der Waals surface area contributed by atoms with E-state index in [1.54, 1.807) is 29.4 Å². The highest BCUT2D eigenvalue weighted by atomic mass is 32.2. The molecule has 3 aromatic rings. The zero-order valence-electron chi connectivity index (χ0n) is 15.4. The summed E-state index contributed by atoms with van der Waals surface area (Å²) in [4.78, 5) is 24.3. The van der Waals surface area contributed by atoms with Crippen LogP contribution in [0.4, 0.5) is 0 Å². The minimum Gasteiger partial charge on any atom is -0.293 e. The van der Waals surface area contributed by atoms with E-state index in [9.17, 15) is 4.79 Å². The molecule has 2 heterocycles. The Morgan fingerprint density at radius 1 is 1.12 bits per heavy atom. The van der Waals surface area contributed by atoms with E-state index in [2.05, 4.69) is 30.7 Å². The summed E-state index contributed by atoms with van der Waals surface area (Å²) < 4.78 is 0. The maximum Gasteiger partial charge on any atom is 0.173 e. The number of Topliss-reactive ketones (excluding diaryl/α,β-unsaturated/α-hetero) is 1. The molecule has 0 atom stereocenters. The molecule has 0 N–H and O–H groups in total. The number of nitrogens with zero attached hydrogens (tertiary/aromatic N) is 2. The molecule has 2 aromatic heterocycles. The van der Waals surface area contributed by atoms with Gasteiger partial charge in [0, 0.05) is 15.8 Å². The molecule has 0 unspecified atom stereocenters. The monoisotopic (exact) mass is 382 g/mol. The molecule has 5 heteroatoms. The Hall–Kier alpha value is -1.72. The van der Waals surface area contributed by atoms with Crippen molar-refractivity contribution in [1.29, 1.82) is 0 Å². The molecule has 0 radical (unpaired) electrons. The number of fused-ring (bicyclic) bond motifs is 3. The molecule has 3 nitrogen and oxygen atoms in total. The minimum absolute atomic E-state index is 0.164. The van der Waals surface area contributed by atoms with Crippen LogP contribution < -0.4 is 0 Å². The highest BCUT2D eigenvalue weighted by Gasteiger charge is 2.20. The van der Waals surface area contributed by atoms with E-state index >= 15 is 0 Å². The third-order valence-electron chi connectivity index (χ3n) is 5.31. The Morgan fingerprint density at radius 2 is 1.85 bits per heavy atom. The zero-order valence-corrected chi connectivity index (χ0v) is 17.0. The quantitative estimate of drug-likeness (QED) is 0.341. The molecule has 0 fully saturated rings. The lowest BCUT2D eigenvalue weighted by Gasteiger charge is -2.11. The number of rotatable bonds is 4. The number of aromatic nitrogens is 2. The van der Waals surface area contributed by atoms with Crippen molar-refractivity contribution in [1.82, 2.24) is 9.97 Å². The molecular formula is C21H22N2OS2. The van der Waals surface area contributed by atoms with Gasteiger partial charge in [-0.3, -0.25) is 4.79 Å². The van der Waals surface area contributed by atoms with Crippen LogP contribution >= 0.6 is 23.1 Å². The van der Waals surface area contributed by atoms with Gasteiger partial charge in [-0.2, -0.15) is 0 Å². The van der Waals surface area contributed by atoms with Crippen molar-refractivity contribution in [3.05, 3.63) is 51.2 Å². The van der Waals surface area contributed by atoms with Gasteiger partial charge in [0.1, 0.15) is 16.2 Å². The van der Waals surface area contributed by atoms with E-state index < -0.39 is 0 Å². The summed E-state index contributed by atoms with van der Waals surface area (Å²) in [6.07, 6.45) is 6.40. The van der Waals surface area contributed by atoms with Gasteiger partial charge in [0.05, 0.1) is 5.75 Å². The number of hydrogen-bond donors (Lipinski definition) is 0. The molecule has 0 saturated heterocycles. The topological polar surface area (TPSA) is 42.9 Å². The van der Waals surface area contributed by atoms with Gasteiger partial charge in [0.2, 0.25) is 0 Å². The third-order valence-corrected chi connectivity index (χ3v) is 7.49. The summed E-state index contributed by atoms with van der Waals surface area (Å²) in [7, 11) is 0. The second-order valence-corrected chi connectivity index (χ2v) is 9.06. The van der Waals surface area contributed by atoms with Gasteiger partial charge in [-0.1, -0.05) is 11.8 Å². The standard InChI is InChI=1S/C21H22N2OS2/c1-12-8-15(9-13(2)14(12)3)17(24)10-25-20-19-16-6-4-5-7-18(16)26-21(19)23-11-22-20/h8-9,11H,4-7,10H2,1-3H3. The SMILES string of the molecule is Cc1cc(C(=O)CSc2ncnc3sc4c(c23)CCCC4)cc(C)c1C. The Bertz CT molecular complexity index is 984. The number of hydrogen-bond acceptors (Lipinski definition) is 5. The van der Waals surface area contributed by atoms with Gasteiger partial charge in [-0.05, 0) is 80.8 Å². The number of thioether (sulfide) groups is 1. The number of thiophene rings is 1. The fraction of sp³-hybridized carbons (Fsp3) is 0.381. The first kappa shape index (κ1) is 17.7. The fourth-order valence-electron chi connectivity index (χ4n) is 3.58. The average molecular weight is 383 g/mol. The maximum atomic E-state index is 12.7. The van der Waals surface area contributed by atoms with Gasteiger partial charge in [0.25, 0.3) is 0 Å². The summed E-state index contributed by atoms with van der Waals surface area (Å²) in [5.74, 6) is 0.579. The van der Waals surface area contributed by atoms with Crippen LogP contribution in [0.15, 0.2) is 23.5 Å². The summed E-state index contributed by atoms with van der Waals surface area (Å²) >= 11 is 3.35. The highest BCUT2D eigenvalue weighted by molar-refractivity contribution is 8.00. The maximum absolute atomic E-state index is 12.7. The first-order valence-electron chi connectivity index (χ1n) is 9.03. The number of ketones is 1. The van der Waals surface area contributed by atoms with E-state index in [4.69, 9.17) is 0 Å². The lowest BCUT2D eigenvalue weighted by Crippen LogP contribution is -2.05. The number of benzene rings is 1. The van der Waals surface area contributed by atoms with Gasteiger partial charge < -0.3 is 0 Å². The van der Waals surface area contributed by atoms with Crippen molar-refractivity contribution in [2.75, 3.05) is 5.75 Å². The fourth-order valence-corrected chi connectivity index (χ4v) is 5.80. The first-order chi connectivity index (χ1) is 12.5.